The van der Waals surface area contributed by atoms with E-state index in [4.69, 9.17) is 0 Å². The summed E-state index contributed by atoms with van der Waals surface area (Å²) in [6.45, 7) is 4.05. The molecule has 22 heavy (non-hydrogen) atoms. The summed E-state index contributed by atoms with van der Waals surface area (Å²) in [6.07, 6.45) is 4.04. The first-order valence-electron chi connectivity index (χ1n) is 7.10. The highest BCUT2D eigenvalue weighted by Gasteiger charge is 2.29. The Balaban J connectivity index is 1.95. The van der Waals surface area contributed by atoms with Gasteiger partial charge in [-0.2, -0.15) is 0 Å². The number of fused-ring (bicyclic) bond motifs is 2. The lowest BCUT2D eigenvalue weighted by atomic mass is 10.1. The number of aryl methyl sites for hydroxylation is 2. The molecule has 0 bridgehead atoms. The molecule has 0 saturated carbocycles. The number of thiazole rings is 1. The number of amides is 1. The number of hydrogen-bond acceptors (Lipinski definition) is 3. The molecule has 0 aliphatic carbocycles. The first-order valence-corrected chi connectivity index (χ1v) is 7.92. The lowest BCUT2D eigenvalue weighted by Gasteiger charge is -2.07. The Morgan fingerprint density at radius 3 is 2.82 bits per heavy atom. The van der Waals surface area contributed by atoms with Crippen LogP contribution in [-0.2, 0) is 4.79 Å². The van der Waals surface area contributed by atoms with E-state index in [2.05, 4.69) is 22.5 Å². The van der Waals surface area contributed by atoms with Gasteiger partial charge in [0.25, 0.3) is 5.91 Å². The molecule has 1 aliphatic heterocycles. The number of nitrogens with zero attached hydrogens (tertiary/aromatic N) is 3. The summed E-state index contributed by atoms with van der Waals surface area (Å²) in [5, 5.41) is 0. The fourth-order valence-electron chi connectivity index (χ4n) is 2.93. The molecular formula is C17H15N3OS. The largest absolute Gasteiger partial charge is 0.311 e. The van der Waals surface area contributed by atoms with Gasteiger partial charge in [0.2, 0.25) is 0 Å². The third kappa shape index (κ3) is 1.75. The van der Waals surface area contributed by atoms with E-state index in [0.29, 0.717) is 0 Å². The van der Waals surface area contributed by atoms with Gasteiger partial charge in [0, 0.05) is 23.7 Å². The third-order valence-electron chi connectivity index (χ3n) is 4.03. The van der Waals surface area contributed by atoms with Crippen molar-refractivity contribution in [3.05, 3.63) is 52.3 Å². The first-order chi connectivity index (χ1) is 10.6. The average molecular weight is 309 g/mol. The second-order valence-electron chi connectivity index (χ2n) is 5.52. The van der Waals surface area contributed by atoms with Crippen molar-refractivity contribution >= 4 is 39.5 Å². The SMILES string of the molecule is Cc1cn2c(/C=C3\C(=O)N(C)c4ccccc43)c(C)nc2s1. The van der Waals surface area contributed by atoms with Gasteiger partial charge in [-0.3, -0.25) is 9.20 Å². The van der Waals surface area contributed by atoms with E-state index in [1.54, 1.807) is 16.2 Å². The highest BCUT2D eigenvalue weighted by molar-refractivity contribution is 7.17. The predicted octanol–water partition coefficient (Wildman–Crippen LogP) is 3.53. The summed E-state index contributed by atoms with van der Waals surface area (Å²) in [6, 6.07) is 7.89. The zero-order valence-electron chi connectivity index (χ0n) is 12.6. The van der Waals surface area contributed by atoms with Crippen LogP contribution in [0.3, 0.4) is 0 Å². The van der Waals surface area contributed by atoms with Crippen LogP contribution in [-0.4, -0.2) is 22.3 Å². The Morgan fingerprint density at radius 1 is 1.23 bits per heavy atom. The summed E-state index contributed by atoms with van der Waals surface area (Å²) < 4.78 is 2.07. The molecule has 110 valence electrons. The molecular weight excluding hydrogens is 294 g/mol. The minimum atomic E-state index is 0.0301. The molecule has 0 spiro atoms. The van der Waals surface area contributed by atoms with Gasteiger partial charge in [0.1, 0.15) is 0 Å². The van der Waals surface area contributed by atoms with Crippen molar-refractivity contribution in [1.29, 1.82) is 0 Å². The van der Waals surface area contributed by atoms with E-state index >= 15 is 0 Å². The first kappa shape index (κ1) is 13.3. The number of carbonyl (C=O) groups is 1. The van der Waals surface area contributed by atoms with E-state index in [1.165, 1.54) is 4.88 Å². The van der Waals surface area contributed by atoms with Gasteiger partial charge >= 0.3 is 0 Å². The van der Waals surface area contributed by atoms with Gasteiger partial charge in [0.15, 0.2) is 4.96 Å². The summed E-state index contributed by atoms with van der Waals surface area (Å²) in [7, 11) is 1.82. The Bertz CT molecular complexity index is 948. The molecule has 2 aromatic heterocycles. The maximum Gasteiger partial charge on any atom is 0.258 e. The van der Waals surface area contributed by atoms with Crippen molar-refractivity contribution in [1.82, 2.24) is 9.38 Å². The molecule has 4 nitrogen and oxygen atoms in total. The Hall–Kier alpha value is -2.40. The quantitative estimate of drug-likeness (QED) is 0.645. The van der Waals surface area contributed by atoms with Crippen LogP contribution in [0.1, 0.15) is 21.8 Å². The molecule has 0 N–H and O–H groups in total. The maximum atomic E-state index is 12.6. The Kier molecular flexibility index (Phi) is 2.74. The molecule has 0 saturated heterocycles. The predicted molar refractivity (Wildman–Crippen MR) is 90.3 cm³/mol. The number of carbonyl (C=O) groups excluding carboxylic acids is 1. The van der Waals surface area contributed by atoms with Crippen LogP contribution in [0.4, 0.5) is 5.69 Å². The van der Waals surface area contributed by atoms with E-state index in [9.17, 15) is 4.79 Å². The Labute approximate surface area is 132 Å². The van der Waals surface area contributed by atoms with Crippen molar-refractivity contribution < 1.29 is 4.79 Å². The molecule has 0 unspecified atom stereocenters. The van der Waals surface area contributed by atoms with Gasteiger partial charge in [-0.1, -0.05) is 18.2 Å². The maximum absolute atomic E-state index is 12.6. The minimum Gasteiger partial charge on any atom is -0.311 e. The minimum absolute atomic E-state index is 0.0301. The molecule has 1 amide bonds. The summed E-state index contributed by atoms with van der Waals surface area (Å²) in [5.41, 5.74) is 4.59. The number of hydrogen-bond donors (Lipinski definition) is 0. The van der Waals surface area contributed by atoms with Crippen molar-refractivity contribution in [2.45, 2.75) is 13.8 Å². The highest BCUT2D eigenvalue weighted by atomic mass is 32.1. The van der Waals surface area contributed by atoms with Gasteiger partial charge in [0.05, 0.1) is 22.6 Å². The Morgan fingerprint density at radius 2 is 2.00 bits per heavy atom. The number of imidazole rings is 1. The highest BCUT2D eigenvalue weighted by Crippen LogP contribution is 2.37. The molecule has 3 heterocycles. The number of likely N-dealkylation sites (N-methyl/N-ethyl adjacent to an activating group) is 1. The number of aromatic nitrogens is 2. The molecule has 3 aromatic rings. The zero-order valence-corrected chi connectivity index (χ0v) is 13.4. The van der Waals surface area contributed by atoms with Crippen LogP contribution in [0.5, 0.6) is 0 Å². The molecule has 1 aliphatic rings. The topological polar surface area (TPSA) is 37.6 Å². The second-order valence-corrected chi connectivity index (χ2v) is 6.73. The van der Waals surface area contributed by atoms with Crippen LogP contribution in [0, 0.1) is 13.8 Å². The third-order valence-corrected chi connectivity index (χ3v) is 4.93. The lowest BCUT2D eigenvalue weighted by Crippen LogP contribution is -2.20. The number of rotatable bonds is 1. The molecule has 0 radical (unpaired) electrons. The summed E-state index contributed by atoms with van der Waals surface area (Å²) >= 11 is 1.66. The van der Waals surface area contributed by atoms with Crippen molar-refractivity contribution in [3.63, 3.8) is 0 Å². The fourth-order valence-corrected chi connectivity index (χ4v) is 3.81. The zero-order chi connectivity index (χ0) is 15.4. The monoisotopic (exact) mass is 309 g/mol. The van der Waals surface area contributed by atoms with Crippen LogP contribution >= 0.6 is 11.3 Å². The van der Waals surface area contributed by atoms with E-state index in [1.807, 2.05) is 44.3 Å². The summed E-state index contributed by atoms with van der Waals surface area (Å²) in [5.74, 6) is 0.0301. The van der Waals surface area contributed by atoms with Crippen molar-refractivity contribution in [3.8, 4) is 0 Å². The van der Waals surface area contributed by atoms with E-state index in [0.717, 1.165) is 33.2 Å². The normalized spacial score (nSPS) is 16.0. The average Bonchev–Trinajstić information content (AvgIpc) is 3.06. The van der Waals surface area contributed by atoms with E-state index < -0.39 is 0 Å². The second kappa shape index (κ2) is 4.55. The molecule has 5 heteroatoms. The van der Waals surface area contributed by atoms with E-state index in [-0.39, 0.29) is 5.91 Å². The molecule has 0 fully saturated rings. The van der Waals surface area contributed by atoms with Gasteiger partial charge < -0.3 is 4.90 Å². The molecule has 4 rings (SSSR count). The molecule has 1 aromatic carbocycles. The van der Waals surface area contributed by atoms with Crippen LogP contribution < -0.4 is 4.90 Å². The number of para-hydroxylation sites is 1. The van der Waals surface area contributed by atoms with Crippen LogP contribution in [0.15, 0.2) is 30.5 Å². The van der Waals surface area contributed by atoms with Gasteiger partial charge in [-0.05, 0) is 26.0 Å². The number of benzene rings is 1. The van der Waals surface area contributed by atoms with Crippen molar-refractivity contribution in [2.75, 3.05) is 11.9 Å². The van der Waals surface area contributed by atoms with Gasteiger partial charge in [-0.25, -0.2) is 4.98 Å². The number of anilines is 1. The standard InChI is InChI=1S/C17H15N3OS/c1-10-9-20-15(11(2)18-17(20)22-10)8-13-12-6-4-5-7-14(12)19(3)16(13)21/h4-9H,1-3H3/b13-8-. The van der Waals surface area contributed by atoms with Crippen LogP contribution in [0.25, 0.3) is 16.6 Å². The van der Waals surface area contributed by atoms with Crippen LogP contribution in [0.2, 0.25) is 0 Å². The molecule has 0 atom stereocenters. The summed E-state index contributed by atoms with van der Waals surface area (Å²) in [4.78, 5) is 21.0. The smallest absolute Gasteiger partial charge is 0.258 e. The fraction of sp³-hybridized carbons (Fsp3) is 0.176. The van der Waals surface area contributed by atoms with Gasteiger partial charge in [-0.15, -0.1) is 11.3 Å². The lowest BCUT2D eigenvalue weighted by molar-refractivity contribution is -0.112. The van der Waals surface area contributed by atoms with Crippen molar-refractivity contribution in [2.24, 2.45) is 0 Å².